The lowest BCUT2D eigenvalue weighted by molar-refractivity contribution is -0.143. The van der Waals surface area contributed by atoms with E-state index >= 15 is 0 Å². The molecule has 0 heterocycles. The molecule has 9 nitrogen and oxygen atoms in total. The van der Waals surface area contributed by atoms with Gasteiger partial charge < -0.3 is 20.1 Å². The van der Waals surface area contributed by atoms with Crippen LogP contribution in [0.3, 0.4) is 0 Å². The lowest BCUT2D eigenvalue weighted by Gasteiger charge is -2.29. The van der Waals surface area contributed by atoms with Gasteiger partial charge in [0.2, 0.25) is 5.91 Å². The van der Waals surface area contributed by atoms with Gasteiger partial charge in [0.05, 0.1) is 13.0 Å². The maximum Gasteiger partial charge on any atom is 0.408 e. The first kappa shape index (κ1) is 28.1. The largest absolute Gasteiger partial charge is 0.466 e. The maximum atomic E-state index is 13.1. The van der Waals surface area contributed by atoms with Gasteiger partial charge in [-0.15, -0.1) is 6.42 Å². The molecule has 0 bridgehead atoms. The Kier molecular flexibility index (Phi) is 10.6. The molecule has 34 heavy (non-hydrogen) atoms. The van der Waals surface area contributed by atoms with E-state index in [1.165, 1.54) is 6.92 Å². The highest BCUT2D eigenvalue weighted by Crippen LogP contribution is 2.22. The highest BCUT2D eigenvalue weighted by molar-refractivity contribution is 5.93. The molecule has 1 aromatic rings. The first-order valence-electron chi connectivity index (χ1n) is 10.7. The number of rotatable bonds is 9. The molecule has 0 fully saturated rings. The number of alkyl carbamates (subject to hydrolysis) is 1. The van der Waals surface area contributed by atoms with E-state index in [9.17, 15) is 19.2 Å². The van der Waals surface area contributed by atoms with Crippen LogP contribution in [-0.4, -0.2) is 53.6 Å². The zero-order chi connectivity index (χ0) is 25.9. The van der Waals surface area contributed by atoms with Crippen molar-refractivity contribution in [2.75, 3.05) is 13.2 Å². The first-order valence-corrected chi connectivity index (χ1v) is 10.7. The number of ether oxygens (including phenoxy) is 2. The highest BCUT2D eigenvalue weighted by Gasteiger charge is 2.34. The van der Waals surface area contributed by atoms with Crippen molar-refractivity contribution in [3.8, 4) is 24.8 Å². The third kappa shape index (κ3) is 8.87. The Labute approximate surface area is 200 Å². The molecule has 2 atom stereocenters. The Morgan fingerprint density at radius 2 is 1.74 bits per heavy atom. The molecule has 1 aromatic carbocycles. The second-order valence-corrected chi connectivity index (χ2v) is 8.22. The molecular formula is C25H31N3O6. The molecule has 0 saturated heterocycles. The van der Waals surface area contributed by atoms with Gasteiger partial charge in [-0.1, -0.05) is 24.5 Å². The van der Waals surface area contributed by atoms with E-state index in [4.69, 9.17) is 22.3 Å². The summed E-state index contributed by atoms with van der Waals surface area (Å²) in [6.07, 6.45) is 10.2. The summed E-state index contributed by atoms with van der Waals surface area (Å²) in [6.45, 7) is 8.35. The molecular weight excluding hydrogens is 438 g/mol. The standard InChI is InChI=1S/C25H31N3O6/c1-8-18-11-13-19(14-12-18)21(22(30)26-16-15-20(29)33-10-3)28(9-2)23(31)17(4)27-24(32)34-25(5,6)7/h1-2,11-14,17,21H,10,15-16H2,3-7H3,(H,26,30)(H,27,32). The van der Waals surface area contributed by atoms with E-state index in [0.717, 1.165) is 4.90 Å². The Morgan fingerprint density at radius 3 is 2.24 bits per heavy atom. The van der Waals surface area contributed by atoms with Crippen LogP contribution in [0.2, 0.25) is 0 Å². The summed E-state index contributed by atoms with van der Waals surface area (Å²) in [5, 5.41) is 5.02. The van der Waals surface area contributed by atoms with Crippen LogP contribution >= 0.6 is 0 Å². The van der Waals surface area contributed by atoms with Gasteiger partial charge in [-0.25, -0.2) is 4.79 Å². The summed E-state index contributed by atoms with van der Waals surface area (Å²) in [6, 6.07) is 6.27. The van der Waals surface area contributed by atoms with Gasteiger partial charge in [0.1, 0.15) is 17.7 Å². The molecule has 1 rings (SSSR count). The Balaban J connectivity index is 3.14. The number of hydrogen-bond acceptors (Lipinski definition) is 6. The van der Waals surface area contributed by atoms with Crippen LogP contribution in [0.15, 0.2) is 24.3 Å². The fourth-order valence-electron chi connectivity index (χ4n) is 2.82. The van der Waals surface area contributed by atoms with Gasteiger partial charge in [0.25, 0.3) is 5.91 Å². The summed E-state index contributed by atoms with van der Waals surface area (Å²) < 4.78 is 10.0. The number of nitrogens with zero attached hydrogens (tertiary/aromatic N) is 1. The number of hydrogen-bond donors (Lipinski definition) is 2. The van der Waals surface area contributed by atoms with Crippen molar-refractivity contribution in [2.24, 2.45) is 0 Å². The fourth-order valence-corrected chi connectivity index (χ4v) is 2.82. The van der Waals surface area contributed by atoms with Crippen molar-refractivity contribution in [1.29, 1.82) is 0 Å². The van der Waals surface area contributed by atoms with E-state index in [0.29, 0.717) is 11.1 Å². The van der Waals surface area contributed by atoms with Gasteiger partial charge in [0, 0.05) is 18.2 Å². The van der Waals surface area contributed by atoms with Crippen LogP contribution in [0.1, 0.15) is 58.2 Å². The molecule has 0 radical (unpaired) electrons. The Bertz CT molecular complexity index is 966. The third-order valence-electron chi connectivity index (χ3n) is 4.31. The SMILES string of the molecule is C#Cc1ccc(C(C(=O)NCCC(=O)OCC)N(C#C)C(=O)C(C)NC(=O)OC(C)(C)C)cc1. The van der Waals surface area contributed by atoms with E-state index in [1.807, 2.05) is 0 Å². The molecule has 9 heteroatoms. The number of nitrogens with one attached hydrogen (secondary N) is 2. The molecule has 0 aromatic heterocycles. The average Bonchev–Trinajstić information content (AvgIpc) is 2.75. The predicted octanol–water partition coefficient (Wildman–Crippen LogP) is 2.11. The minimum absolute atomic E-state index is 0.0189. The lowest BCUT2D eigenvalue weighted by atomic mass is 10.0. The normalized spacial score (nSPS) is 12.2. The second kappa shape index (κ2) is 12.9. The van der Waals surface area contributed by atoms with Crippen molar-refractivity contribution >= 4 is 23.9 Å². The van der Waals surface area contributed by atoms with E-state index < -0.39 is 41.6 Å². The molecule has 0 aliphatic rings. The molecule has 3 amide bonds. The summed E-state index contributed by atoms with van der Waals surface area (Å²) in [5.41, 5.74) is 0.200. The quantitative estimate of drug-likeness (QED) is 0.325. The molecule has 2 N–H and O–H groups in total. The number of benzene rings is 1. The molecule has 0 aliphatic heterocycles. The van der Waals surface area contributed by atoms with Gasteiger partial charge >= 0.3 is 12.1 Å². The zero-order valence-electron chi connectivity index (χ0n) is 20.1. The Hall–Kier alpha value is -3.98. The number of carbonyl (C=O) groups is 4. The van der Waals surface area contributed by atoms with Crippen LogP contribution in [0.25, 0.3) is 0 Å². The van der Waals surface area contributed by atoms with Crippen LogP contribution in [0, 0.1) is 24.8 Å². The third-order valence-corrected chi connectivity index (χ3v) is 4.31. The summed E-state index contributed by atoms with van der Waals surface area (Å²) in [4.78, 5) is 50.7. The molecule has 0 saturated carbocycles. The summed E-state index contributed by atoms with van der Waals surface area (Å²) >= 11 is 0. The number of terminal acetylenes is 2. The zero-order valence-corrected chi connectivity index (χ0v) is 20.1. The van der Waals surface area contributed by atoms with E-state index in [1.54, 1.807) is 52.0 Å². The van der Waals surface area contributed by atoms with Gasteiger partial charge in [-0.2, -0.15) is 0 Å². The maximum absolute atomic E-state index is 13.1. The van der Waals surface area contributed by atoms with Crippen LogP contribution in [0.5, 0.6) is 0 Å². The average molecular weight is 470 g/mol. The molecule has 0 aliphatic carbocycles. The smallest absolute Gasteiger partial charge is 0.408 e. The molecule has 0 spiro atoms. The van der Waals surface area contributed by atoms with Crippen LogP contribution in [-0.2, 0) is 23.9 Å². The molecule has 2 unspecified atom stereocenters. The van der Waals surface area contributed by atoms with Gasteiger partial charge in [-0.3, -0.25) is 19.3 Å². The summed E-state index contributed by atoms with van der Waals surface area (Å²) in [7, 11) is 0. The minimum atomic E-state index is -1.24. The van der Waals surface area contributed by atoms with Crippen molar-refractivity contribution < 1.29 is 28.7 Å². The first-order chi connectivity index (χ1) is 15.9. The van der Waals surface area contributed by atoms with Crippen LogP contribution < -0.4 is 10.6 Å². The van der Waals surface area contributed by atoms with E-state index in [2.05, 4.69) is 22.6 Å². The fraction of sp³-hybridized carbons (Fsp3) is 0.440. The van der Waals surface area contributed by atoms with Crippen LogP contribution in [0.4, 0.5) is 4.79 Å². The Morgan fingerprint density at radius 1 is 1.12 bits per heavy atom. The predicted molar refractivity (Wildman–Crippen MR) is 126 cm³/mol. The molecule has 182 valence electrons. The van der Waals surface area contributed by atoms with Gasteiger partial charge in [0.15, 0.2) is 0 Å². The number of esters is 1. The van der Waals surface area contributed by atoms with E-state index in [-0.39, 0.29) is 19.6 Å². The van der Waals surface area contributed by atoms with Crippen molar-refractivity contribution in [3.63, 3.8) is 0 Å². The lowest BCUT2D eigenvalue weighted by Crippen LogP contribution is -2.50. The number of carbonyl (C=O) groups excluding carboxylic acids is 4. The van der Waals surface area contributed by atoms with Gasteiger partial charge in [-0.05, 0) is 52.3 Å². The summed E-state index contributed by atoms with van der Waals surface area (Å²) in [5.74, 6) is 0.671. The highest BCUT2D eigenvalue weighted by atomic mass is 16.6. The monoisotopic (exact) mass is 469 g/mol. The minimum Gasteiger partial charge on any atom is -0.466 e. The van der Waals surface area contributed by atoms with Crippen molar-refractivity contribution in [1.82, 2.24) is 15.5 Å². The van der Waals surface area contributed by atoms with Crippen molar-refractivity contribution in [3.05, 3.63) is 35.4 Å². The topological polar surface area (TPSA) is 114 Å². The number of amides is 3. The van der Waals surface area contributed by atoms with Crippen molar-refractivity contribution in [2.45, 2.75) is 58.7 Å². The second-order valence-electron chi connectivity index (χ2n) is 8.22.